The molecule has 30 heteroatoms. The van der Waals surface area contributed by atoms with E-state index in [-0.39, 0.29) is 59.4 Å². The molecular weight excluding hydrogens is 1100 g/mol. The standard InChI is InChI=1S/C46H45N15O9S6/c1-5-60(6-2)31-18-20-36(54-56-45-49-40(58-72-45)29-13-10-16-34(23-29)75(65,66)67)38(25-31)47-42-51-43(53-44(52-42)71-27-28-12-9-15-33(22-28)74(62,63)64)48-39-26-32(61(7-3)8-4)19-21-37(39)55-57-46-50-41(59-73-46)30-14-11-17-35(24-30)76(68,69)70/h9-26H,5-8,27H2,1-4H3,(H,62,63,64)(H,65,66,67)(H,68,69,70)(H2,47,48,51,52,53)/b56-54+,57-55+. The van der Waals surface area contributed by atoms with Crippen LogP contribution in [-0.4, -0.2) is 98.8 Å². The summed E-state index contributed by atoms with van der Waals surface area (Å²) in [5.74, 6) is 0.624. The van der Waals surface area contributed by atoms with Crippen LogP contribution in [0, 0.1) is 0 Å². The van der Waals surface area contributed by atoms with Gasteiger partial charge in [0.2, 0.25) is 22.2 Å². The molecule has 8 rings (SSSR count). The van der Waals surface area contributed by atoms with Crippen molar-refractivity contribution in [2.75, 3.05) is 46.6 Å². The van der Waals surface area contributed by atoms with E-state index >= 15 is 0 Å². The summed E-state index contributed by atoms with van der Waals surface area (Å²) in [4.78, 5) is 26.5. The Morgan fingerprint density at radius 2 is 0.934 bits per heavy atom. The first-order valence-electron chi connectivity index (χ1n) is 22.7. The van der Waals surface area contributed by atoms with Crippen LogP contribution in [0.5, 0.6) is 0 Å². The highest BCUT2D eigenvalue weighted by atomic mass is 32.2. The van der Waals surface area contributed by atoms with E-state index in [0.29, 0.717) is 65.6 Å². The van der Waals surface area contributed by atoms with E-state index in [9.17, 15) is 38.9 Å². The molecule has 0 amide bonds. The highest BCUT2D eigenvalue weighted by Gasteiger charge is 2.19. The normalized spacial score (nSPS) is 12.1. The van der Waals surface area contributed by atoms with Crippen LogP contribution in [-0.2, 0) is 36.1 Å². The van der Waals surface area contributed by atoms with Gasteiger partial charge in [-0.25, -0.2) is 0 Å². The van der Waals surface area contributed by atoms with Gasteiger partial charge in [0.25, 0.3) is 30.4 Å². The van der Waals surface area contributed by atoms with Crippen molar-refractivity contribution in [1.29, 1.82) is 0 Å². The van der Waals surface area contributed by atoms with Gasteiger partial charge in [-0.2, -0.15) is 58.9 Å². The van der Waals surface area contributed by atoms with E-state index in [0.717, 1.165) is 46.2 Å². The molecule has 5 aromatic carbocycles. The van der Waals surface area contributed by atoms with Crippen LogP contribution in [0.1, 0.15) is 33.3 Å². The van der Waals surface area contributed by atoms with Gasteiger partial charge in [0.05, 0.1) is 26.1 Å². The Balaban J connectivity index is 1.17. The maximum Gasteiger partial charge on any atom is 0.294 e. The molecule has 394 valence electrons. The zero-order valence-electron chi connectivity index (χ0n) is 40.5. The molecule has 0 saturated carbocycles. The van der Waals surface area contributed by atoms with Crippen LogP contribution in [0.25, 0.3) is 22.8 Å². The lowest BCUT2D eigenvalue weighted by Crippen LogP contribution is -2.21. The van der Waals surface area contributed by atoms with E-state index in [1.54, 1.807) is 30.3 Å². The molecule has 3 heterocycles. The molecule has 0 radical (unpaired) electrons. The smallest absolute Gasteiger partial charge is 0.294 e. The van der Waals surface area contributed by atoms with Crippen LogP contribution in [0.3, 0.4) is 0 Å². The van der Waals surface area contributed by atoms with Crippen molar-refractivity contribution < 1.29 is 38.9 Å². The van der Waals surface area contributed by atoms with Gasteiger partial charge < -0.3 is 20.4 Å². The van der Waals surface area contributed by atoms with Crippen molar-refractivity contribution >= 4 is 121 Å². The van der Waals surface area contributed by atoms with E-state index in [1.807, 2.05) is 52.0 Å². The summed E-state index contributed by atoms with van der Waals surface area (Å²) in [5.41, 5.74) is 4.42. The minimum absolute atomic E-state index is 0.0549. The SMILES string of the molecule is CCN(CC)c1ccc(/N=N/c2nc(-c3cccc(S(=O)(=O)O)c3)ns2)c(Nc2nc(Nc3cc(N(CC)CC)ccc3/N=N/c3nc(-c4cccc(S(=O)(=O)O)c4)ns3)nc(SCc3cccc(S(=O)(=O)O)c3)n2)c1. The molecule has 0 bridgehead atoms. The number of nitrogens with one attached hydrogen (secondary N) is 2. The average Bonchev–Trinajstić information content (AvgIpc) is 4.09. The molecular formula is C46H45N15O9S6. The molecule has 0 saturated heterocycles. The van der Waals surface area contributed by atoms with Crippen molar-refractivity contribution in [1.82, 2.24) is 33.7 Å². The number of anilines is 6. The average molecular weight is 1140 g/mol. The Bertz CT molecular complexity index is 3610. The quantitative estimate of drug-likeness (QED) is 0.0239. The Kier molecular flexibility index (Phi) is 17.2. The predicted octanol–water partition coefficient (Wildman–Crippen LogP) is 11.0. The Labute approximate surface area is 449 Å². The minimum atomic E-state index is -4.49. The van der Waals surface area contributed by atoms with Crippen LogP contribution < -0.4 is 20.4 Å². The zero-order valence-corrected chi connectivity index (χ0v) is 45.4. The van der Waals surface area contributed by atoms with Crippen LogP contribution in [0.4, 0.5) is 56.3 Å². The zero-order chi connectivity index (χ0) is 54.2. The Morgan fingerprint density at radius 1 is 0.513 bits per heavy atom. The lowest BCUT2D eigenvalue weighted by molar-refractivity contribution is 0.481. The van der Waals surface area contributed by atoms with Crippen molar-refractivity contribution in [3.8, 4) is 22.8 Å². The molecule has 5 N–H and O–H groups in total. The molecule has 0 fully saturated rings. The third kappa shape index (κ3) is 13.9. The predicted molar refractivity (Wildman–Crippen MR) is 291 cm³/mol. The number of aromatic nitrogens is 7. The van der Waals surface area contributed by atoms with Gasteiger partial charge in [0.15, 0.2) is 16.8 Å². The summed E-state index contributed by atoms with van der Waals surface area (Å²) in [5, 5.41) is 24.9. The van der Waals surface area contributed by atoms with Gasteiger partial charge in [-0.05, 0) is 106 Å². The summed E-state index contributed by atoms with van der Waals surface area (Å²) < 4.78 is 109. The van der Waals surface area contributed by atoms with Crippen molar-refractivity contribution in [3.63, 3.8) is 0 Å². The van der Waals surface area contributed by atoms with E-state index in [2.05, 4.69) is 59.6 Å². The maximum absolute atomic E-state index is 12.0. The number of hydrogen-bond acceptors (Lipinski definition) is 24. The van der Waals surface area contributed by atoms with Crippen molar-refractivity contribution in [3.05, 3.63) is 115 Å². The number of rotatable bonds is 22. The van der Waals surface area contributed by atoms with E-state index in [1.165, 1.54) is 54.6 Å². The minimum Gasteiger partial charge on any atom is -0.372 e. The molecule has 0 spiro atoms. The number of hydrogen-bond donors (Lipinski definition) is 5. The summed E-state index contributed by atoms with van der Waals surface area (Å²) >= 11 is 3.00. The largest absolute Gasteiger partial charge is 0.372 e. The summed E-state index contributed by atoms with van der Waals surface area (Å²) in [6.07, 6.45) is 0. The molecule has 0 aliphatic rings. The molecule has 0 aliphatic heterocycles. The first-order chi connectivity index (χ1) is 36.3. The fourth-order valence-corrected chi connectivity index (χ4v) is 10.7. The Morgan fingerprint density at radius 3 is 1.36 bits per heavy atom. The summed E-state index contributed by atoms with van der Waals surface area (Å²) in [6.45, 7) is 10.8. The number of nitrogens with zero attached hydrogens (tertiary/aromatic N) is 13. The lowest BCUT2D eigenvalue weighted by Gasteiger charge is -2.22. The Hall–Kier alpha value is -7.29. The van der Waals surface area contributed by atoms with Gasteiger partial charge in [0.1, 0.15) is 11.4 Å². The molecule has 76 heavy (non-hydrogen) atoms. The highest BCUT2D eigenvalue weighted by molar-refractivity contribution is 7.98. The highest BCUT2D eigenvalue weighted by Crippen LogP contribution is 2.38. The molecule has 0 atom stereocenters. The third-order valence-corrected chi connectivity index (χ3v) is 15.7. The molecule has 0 aliphatic carbocycles. The van der Waals surface area contributed by atoms with Gasteiger partial charge in [-0.3, -0.25) is 13.7 Å². The lowest BCUT2D eigenvalue weighted by atomic mass is 10.2. The second-order valence-corrected chi connectivity index (χ2v) is 22.5. The van der Waals surface area contributed by atoms with Crippen LogP contribution in [0.15, 0.2) is 149 Å². The van der Waals surface area contributed by atoms with E-state index < -0.39 is 30.4 Å². The van der Waals surface area contributed by atoms with Crippen LogP contribution in [0.2, 0.25) is 0 Å². The van der Waals surface area contributed by atoms with E-state index in [4.69, 9.17) is 15.0 Å². The first-order valence-corrected chi connectivity index (χ1v) is 29.6. The number of azo groups is 2. The second-order valence-electron chi connectivity index (χ2n) is 15.9. The summed E-state index contributed by atoms with van der Waals surface area (Å²) in [7, 11) is -13.4. The van der Waals surface area contributed by atoms with Gasteiger partial charge in [0, 0.05) is 77.5 Å². The first kappa shape index (κ1) is 55.0. The van der Waals surface area contributed by atoms with Crippen molar-refractivity contribution in [2.24, 2.45) is 20.5 Å². The fraction of sp³-hybridized carbons (Fsp3) is 0.196. The van der Waals surface area contributed by atoms with Gasteiger partial charge >= 0.3 is 0 Å². The van der Waals surface area contributed by atoms with Gasteiger partial charge in [-0.15, -0.1) is 20.5 Å². The third-order valence-electron chi connectivity index (χ3n) is 11.0. The van der Waals surface area contributed by atoms with Gasteiger partial charge in [-0.1, -0.05) is 48.2 Å². The maximum atomic E-state index is 12.0. The second kappa shape index (κ2) is 23.7. The molecule has 8 aromatic rings. The topological polar surface area (TPSA) is 333 Å². The monoisotopic (exact) mass is 1140 g/mol. The molecule has 3 aromatic heterocycles. The fourth-order valence-electron chi connectivity index (χ4n) is 7.24. The van der Waals surface area contributed by atoms with Crippen LogP contribution >= 0.6 is 34.8 Å². The molecule has 24 nitrogen and oxygen atoms in total. The number of thioether (sulfide) groups is 1. The summed E-state index contributed by atoms with van der Waals surface area (Å²) in [6, 6.07) is 27.9. The van der Waals surface area contributed by atoms with Crippen molar-refractivity contribution in [2.45, 2.75) is 53.3 Å². The molecule has 0 unspecified atom stereocenters. The number of benzene rings is 5.